The highest BCUT2D eigenvalue weighted by atomic mass is 16.5. The highest BCUT2D eigenvalue weighted by Crippen LogP contribution is 1.96. The van der Waals surface area contributed by atoms with Gasteiger partial charge in [-0.15, -0.1) is 0 Å². The van der Waals surface area contributed by atoms with Crippen molar-refractivity contribution in [2.75, 3.05) is 19.7 Å². The molecular weight excluding hydrogens is 170 g/mol. The monoisotopic (exact) mass is 183 g/mol. The Bertz CT molecular complexity index is 297. The minimum absolute atomic E-state index is 0.201. The number of ether oxygens (including phenoxy) is 1. The quantitative estimate of drug-likeness (QED) is 0.618. The molecule has 0 radical (unpaired) electrons. The summed E-state index contributed by atoms with van der Waals surface area (Å²) in [5.74, 6) is 0.363. The molecule has 0 saturated heterocycles. The predicted octanol–water partition coefficient (Wildman–Crippen LogP) is -0.242. The number of aromatic amines is 1. The molecule has 13 heavy (non-hydrogen) atoms. The van der Waals surface area contributed by atoms with Gasteiger partial charge in [-0.25, -0.2) is 4.98 Å². The Morgan fingerprint density at radius 2 is 2.54 bits per heavy atom. The van der Waals surface area contributed by atoms with E-state index in [-0.39, 0.29) is 5.56 Å². The highest BCUT2D eigenvalue weighted by Gasteiger charge is 1.94. The van der Waals surface area contributed by atoms with Crippen molar-refractivity contribution in [1.82, 2.24) is 15.3 Å². The number of nitrogens with one attached hydrogen (secondary N) is 2. The standard InChI is InChI=1S/C8H13N3O2/c1-2-9-3-4-13-8-5-7(12)10-6-11-8/h5-6,9H,2-4H2,1H3,(H,10,11,12). The number of likely N-dealkylation sites (N-methyl/N-ethyl adjacent to an activating group) is 1. The van der Waals surface area contributed by atoms with Gasteiger partial charge in [0.2, 0.25) is 5.88 Å². The minimum Gasteiger partial charge on any atom is -0.476 e. The molecule has 5 heteroatoms. The number of H-pyrrole nitrogens is 1. The zero-order chi connectivity index (χ0) is 9.52. The summed E-state index contributed by atoms with van der Waals surface area (Å²) in [6.45, 7) is 4.20. The minimum atomic E-state index is -0.201. The van der Waals surface area contributed by atoms with Crippen molar-refractivity contribution >= 4 is 0 Å². The number of aromatic nitrogens is 2. The molecule has 1 aromatic heterocycles. The van der Waals surface area contributed by atoms with E-state index in [1.807, 2.05) is 6.92 Å². The van der Waals surface area contributed by atoms with Crippen molar-refractivity contribution in [2.24, 2.45) is 0 Å². The third-order valence-electron chi connectivity index (χ3n) is 1.43. The molecule has 0 aliphatic rings. The molecule has 0 fully saturated rings. The molecule has 0 aliphatic heterocycles. The van der Waals surface area contributed by atoms with Crippen molar-refractivity contribution in [3.05, 3.63) is 22.7 Å². The summed E-state index contributed by atoms with van der Waals surface area (Å²) in [5, 5.41) is 3.09. The lowest BCUT2D eigenvalue weighted by Crippen LogP contribution is -2.21. The Hall–Kier alpha value is -1.36. The van der Waals surface area contributed by atoms with Crippen LogP contribution in [0.4, 0.5) is 0 Å². The van der Waals surface area contributed by atoms with E-state index in [0.29, 0.717) is 12.5 Å². The van der Waals surface area contributed by atoms with Crippen LogP contribution >= 0.6 is 0 Å². The van der Waals surface area contributed by atoms with E-state index in [0.717, 1.165) is 13.1 Å². The molecule has 0 aromatic carbocycles. The molecule has 1 aromatic rings. The normalized spacial score (nSPS) is 9.92. The summed E-state index contributed by atoms with van der Waals surface area (Å²) in [7, 11) is 0. The van der Waals surface area contributed by atoms with E-state index in [1.54, 1.807) is 0 Å². The SMILES string of the molecule is CCNCCOc1cc(=O)[nH]cn1. The fourth-order valence-electron chi connectivity index (χ4n) is 0.834. The van der Waals surface area contributed by atoms with Crippen LogP contribution in [0.15, 0.2) is 17.2 Å². The third kappa shape index (κ3) is 3.71. The van der Waals surface area contributed by atoms with Crippen LogP contribution < -0.4 is 15.6 Å². The van der Waals surface area contributed by atoms with Crippen molar-refractivity contribution in [1.29, 1.82) is 0 Å². The fourth-order valence-corrected chi connectivity index (χ4v) is 0.834. The molecule has 1 heterocycles. The molecule has 5 nitrogen and oxygen atoms in total. The third-order valence-corrected chi connectivity index (χ3v) is 1.43. The first-order valence-electron chi connectivity index (χ1n) is 4.21. The number of rotatable bonds is 5. The molecule has 0 atom stereocenters. The summed E-state index contributed by atoms with van der Waals surface area (Å²) >= 11 is 0. The predicted molar refractivity (Wildman–Crippen MR) is 48.9 cm³/mol. The van der Waals surface area contributed by atoms with E-state index in [2.05, 4.69) is 15.3 Å². The van der Waals surface area contributed by atoms with Crippen LogP contribution in [0.25, 0.3) is 0 Å². The van der Waals surface area contributed by atoms with Gasteiger partial charge in [-0.05, 0) is 6.54 Å². The van der Waals surface area contributed by atoms with Crippen LogP contribution in [-0.2, 0) is 0 Å². The molecular formula is C8H13N3O2. The smallest absolute Gasteiger partial charge is 0.254 e. The van der Waals surface area contributed by atoms with Crippen molar-refractivity contribution in [3.8, 4) is 5.88 Å². The molecule has 0 bridgehead atoms. The van der Waals surface area contributed by atoms with Gasteiger partial charge in [0.25, 0.3) is 5.56 Å². The van der Waals surface area contributed by atoms with Crippen LogP contribution in [0.2, 0.25) is 0 Å². The van der Waals surface area contributed by atoms with Crippen LogP contribution in [0, 0.1) is 0 Å². The van der Waals surface area contributed by atoms with Gasteiger partial charge in [-0.3, -0.25) is 4.79 Å². The summed E-state index contributed by atoms with van der Waals surface area (Å²) < 4.78 is 5.20. The maximum absolute atomic E-state index is 10.8. The largest absolute Gasteiger partial charge is 0.476 e. The molecule has 0 spiro atoms. The van der Waals surface area contributed by atoms with E-state index >= 15 is 0 Å². The summed E-state index contributed by atoms with van der Waals surface area (Å²) in [6.07, 6.45) is 1.32. The van der Waals surface area contributed by atoms with E-state index in [9.17, 15) is 4.79 Å². The zero-order valence-corrected chi connectivity index (χ0v) is 7.54. The lowest BCUT2D eigenvalue weighted by atomic mass is 10.6. The first kappa shape index (κ1) is 9.73. The maximum Gasteiger partial charge on any atom is 0.254 e. The first-order chi connectivity index (χ1) is 6.33. The average Bonchev–Trinajstić information content (AvgIpc) is 2.13. The number of hydrogen-bond donors (Lipinski definition) is 2. The Morgan fingerprint density at radius 1 is 1.69 bits per heavy atom. The molecule has 0 aliphatic carbocycles. The second kappa shape index (κ2) is 5.31. The Morgan fingerprint density at radius 3 is 3.23 bits per heavy atom. The summed E-state index contributed by atoms with van der Waals surface area (Å²) in [5.41, 5.74) is -0.201. The van der Waals surface area contributed by atoms with Crippen LogP contribution in [0.3, 0.4) is 0 Å². The van der Waals surface area contributed by atoms with Crippen molar-refractivity contribution < 1.29 is 4.74 Å². The lowest BCUT2D eigenvalue weighted by molar-refractivity contribution is 0.302. The molecule has 0 unspecified atom stereocenters. The van der Waals surface area contributed by atoms with Gasteiger partial charge in [0.05, 0.1) is 12.4 Å². The topological polar surface area (TPSA) is 67.0 Å². The van der Waals surface area contributed by atoms with Crippen molar-refractivity contribution in [2.45, 2.75) is 6.92 Å². The molecule has 1 rings (SSSR count). The number of nitrogens with zero attached hydrogens (tertiary/aromatic N) is 1. The van der Waals surface area contributed by atoms with E-state index < -0.39 is 0 Å². The Balaban J connectivity index is 2.33. The van der Waals surface area contributed by atoms with Gasteiger partial charge < -0.3 is 15.0 Å². The maximum atomic E-state index is 10.8. The van der Waals surface area contributed by atoms with E-state index in [1.165, 1.54) is 12.4 Å². The molecule has 2 N–H and O–H groups in total. The van der Waals surface area contributed by atoms with Crippen LogP contribution in [0.5, 0.6) is 5.88 Å². The van der Waals surface area contributed by atoms with Gasteiger partial charge in [-0.2, -0.15) is 0 Å². The van der Waals surface area contributed by atoms with Gasteiger partial charge in [0, 0.05) is 6.54 Å². The Kier molecular flexibility index (Phi) is 3.98. The zero-order valence-electron chi connectivity index (χ0n) is 7.54. The van der Waals surface area contributed by atoms with Crippen LogP contribution in [-0.4, -0.2) is 29.7 Å². The van der Waals surface area contributed by atoms with Crippen molar-refractivity contribution in [3.63, 3.8) is 0 Å². The van der Waals surface area contributed by atoms with Gasteiger partial charge in [0.1, 0.15) is 6.61 Å². The average molecular weight is 183 g/mol. The Labute approximate surface area is 76.2 Å². The molecule has 72 valence electrons. The lowest BCUT2D eigenvalue weighted by Gasteiger charge is -2.03. The number of hydrogen-bond acceptors (Lipinski definition) is 4. The second-order valence-corrected chi connectivity index (χ2v) is 2.45. The molecule has 0 saturated carbocycles. The van der Waals surface area contributed by atoms with Gasteiger partial charge >= 0.3 is 0 Å². The fraction of sp³-hybridized carbons (Fsp3) is 0.500. The second-order valence-electron chi connectivity index (χ2n) is 2.45. The van der Waals surface area contributed by atoms with Gasteiger partial charge in [0.15, 0.2) is 0 Å². The van der Waals surface area contributed by atoms with Crippen LogP contribution in [0.1, 0.15) is 6.92 Å². The highest BCUT2D eigenvalue weighted by molar-refractivity contribution is 5.04. The molecule has 0 amide bonds. The summed E-state index contributed by atoms with van der Waals surface area (Å²) in [6, 6.07) is 1.33. The summed E-state index contributed by atoms with van der Waals surface area (Å²) in [4.78, 5) is 17.0. The van der Waals surface area contributed by atoms with Gasteiger partial charge in [-0.1, -0.05) is 6.92 Å². The first-order valence-corrected chi connectivity index (χ1v) is 4.21. The van der Waals surface area contributed by atoms with E-state index in [4.69, 9.17) is 4.74 Å².